The lowest BCUT2D eigenvalue weighted by atomic mass is 10.1. The molecule has 0 atom stereocenters. The second-order valence-electron chi connectivity index (χ2n) is 5.48. The van der Waals surface area contributed by atoms with Gasteiger partial charge in [-0.15, -0.1) is 22.7 Å². The number of amides is 1. The van der Waals surface area contributed by atoms with Crippen LogP contribution in [0.3, 0.4) is 0 Å². The smallest absolute Gasteiger partial charge is 0.261 e. The summed E-state index contributed by atoms with van der Waals surface area (Å²) in [5.74, 6) is -0.0189. The van der Waals surface area contributed by atoms with Gasteiger partial charge in [0.1, 0.15) is 0 Å². The molecule has 1 N–H and O–H groups in total. The van der Waals surface area contributed by atoms with Crippen molar-refractivity contribution in [1.82, 2.24) is 5.32 Å². The van der Waals surface area contributed by atoms with E-state index in [1.54, 1.807) is 22.7 Å². The van der Waals surface area contributed by atoms with E-state index in [9.17, 15) is 4.79 Å². The zero-order valence-electron chi connectivity index (χ0n) is 12.9. The molecular weight excluding hydrogens is 334 g/mol. The molecule has 0 unspecified atom stereocenters. The van der Waals surface area contributed by atoms with Crippen molar-refractivity contribution in [2.75, 3.05) is 0 Å². The van der Waals surface area contributed by atoms with Crippen molar-refractivity contribution in [2.24, 2.45) is 0 Å². The van der Waals surface area contributed by atoms with Crippen molar-refractivity contribution >= 4 is 38.7 Å². The molecule has 2 heterocycles. The van der Waals surface area contributed by atoms with Crippen LogP contribution < -0.4 is 5.32 Å². The minimum absolute atomic E-state index is 0.0189. The topological polar surface area (TPSA) is 29.1 Å². The number of hydrogen-bond acceptors (Lipinski definition) is 3. The average molecular weight is 349 g/mol. The highest BCUT2D eigenvalue weighted by atomic mass is 32.1. The highest BCUT2D eigenvalue weighted by molar-refractivity contribution is 7.20. The predicted molar refractivity (Wildman–Crippen MR) is 103 cm³/mol. The maximum Gasteiger partial charge on any atom is 0.261 e. The number of thiophene rings is 2. The van der Waals surface area contributed by atoms with Crippen LogP contribution in [0.1, 0.15) is 15.2 Å². The van der Waals surface area contributed by atoms with Crippen LogP contribution >= 0.6 is 22.7 Å². The summed E-state index contributed by atoms with van der Waals surface area (Å²) in [6.07, 6.45) is 0. The SMILES string of the molecule is O=C(NCc1ccccc1)c1ccc(-c2csc3ccccc23)s1. The molecule has 0 fully saturated rings. The maximum absolute atomic E-state index is 12.4. The molecule has 0 radical (unpaired) electrons. The van der Waals surface area contributed by atoms with Crippen LogP contribution in [-0.2, 0) is 6.54 Å². The van der Waals surface area contributed by atoms with Crippen molar-refractivity contribution in [3.05, 3.63) is 82.6 Å². The van der Waals surface area contributed by atoms with Crippen LogP contribution in [-0.4, -0.2) is 5.91 Å². The van der Waals surface area contributed by atoms with Crippen molar-refractivity contribution < 1.29 is 4.79 Å². The largest absolute Gasteiger partial charge is 0.347 e. The molecular formula is C20H15NOS2. The van der Waals surface area contributed by atoms with E-state index in [1.165, 1.54) is 15.6 Å². The van der Waals surface area contributed by atoms with Gasteiger partial charge in [0.15, 0.2) is 0 Å². The Kier molecular flexibility index (Phi) is 4.15. The Morgan fingerprint density at radius 2 is 1.71 bits per heavy atom. The van der Waals surface area contributed by atoms with E-state index in [1.807, 2.05) is 42.5 Å². The van der Waals surface area contributed by atoms with Gasteiger partial charge in [-0.25, -0.2) is 0 Å². The summed E-state index contributed by atoms with van der Waals surface area (Å²) in [6.45, 7) is 0.550. The summed E-state index contributed by atoms with van der Waals surface area (Å²) in [7, 11) is 0. The first-order valence-electron chi connectivity index (χ1n) is 7.70. The Morgan fingerprint density at radius 1 is 0.917 bits per heavy atom. The predicted octanol–water partition coefficient (Wildman–Crippen LogP) is 5.56. The number of hydrogen-bond donors (Lipinski definition) is 1. The molecule has 1 amide bonds. The van der Waals surface area contributed by atoms with Gasteiger partial charge in [-0.05, 0) is 23.8 Å². The summed E-state index contributed by atoms with van der Waals surface area (Å²) in [5.41, 5.74) is 2.31. The second-order valence-corrected chi connectivity index (χ2v) is 7.47. The normalized spacial score (nSPS) is 10.8. The lowest BCUT2D eigenvalue weighted by molar-refractivity contribution is 0.0955. The zero-order chi connectivity index (χ0) is 16.4. The van der Waals surface area contributed by atoms with Crippen molar-refractivity contribution in [3.8, 4) is 10.4 Å². The van der Waals surface area contributed by atoms with E-state index in [-0.39, 0.29) is 5.91 Å². The fourth-order valence-electron chi connectivity index (χ4n) is 2.64. The zero-order valence-corrected chi connectivity index (χ0v) is 14.5. The molecule has 4 aromatic rings. The van der Waals surface area contributed by atoms with E-state index < -0.39 is 0 Å². The summed E-state index contributed by atoms with van der Waals surface area (Å²) in [5, 5.41) is 6.40. The Hall–Kier alpha value is -2.43. The molecule has 0 aliphatic rings. The molecule has 24 heavy (non-hydrogen) atoms. The van der Waals surface area contributed by atoms with E-state index in [2.05, 4.69) is 35.0 Å². The fraction of sp³-hybridized carbons (Fsp3) is 0.0500. The number of carbonyl (C=O) groups excluding carboxylic acids is 1. The lowest BCUT2D eigenvalue weighted by Gasteiger charge is -2.03. The minimum atomic E-state index is -0.0189. The fourth-order valence-corrected chi connectivity index (χ4v) is 4.63. The number of nitrogens with one attached hydrogen (secondary N) is 1. The Labute approximate surface area is 148 Å². The Balaban J connectivity index is 1.53. The van der Waals surface area contributed by atoms with Crippen LogP contribution in [0.2, 0.25) is 0 Å². The van der Waals surface area contributed by atoms with E-state index in [0.717, 1.165) is 15.3 Å². The molecule has 0 aliphatic carbocycles. The second kappa shape index (κ2) is 6.59. The van der Waals surface area contributed by atoms with Crippen LogP contribution in [0.15, 0.2) is 72.1 Å². The first kappa shape index (κ1) is 15.1. The molecule has 4 rings (SSSR count). The molecule has 0 spiro atoms. The molecule has 0 aliphatic heterocycles. The first-order chi connectivity index (χ1) is 11.8. The summed E-state index contributed by atoms with van der Waals surface area (Å²) < 4.78 is 1.27. The molecule has 2 aromatic carbocycles. The molecule has 2 aromatic heterocycles. The molecule has 0 saturated heterocycles. The molecule has 118 valence electrons. The van der Waals surface area contributed by atoms with Gasteiger partial charge in [0.05, 0.1) is 4.88 Å². The monoisotopic (exact) mass is 349 g/mol. The standard InChI is InChI=1S/C20H15NOS2/c22-20(21-12-14-6-2-1-3-7-14)19-11-10-18(24-19)16-13-23-17-9-5-4-8-15(16)17/h1-11,13H,12H2,(H,21,22). The van der Waals surface area contributed by atoms with Gasteiger partial charge < -0.3 is 5.32 Å². The van der Waals surface area contributed by atoms with Gasteiger partial charge in [-0.2, -0.15) is 0 Å². The van der Waals surface area contributed by atoms with Gasteiger partial charge in [0, 0.05) is 32.5 Å². The number of rotatable bonds is 4. The summed E-state index contributed by atoms with van der Waals surface area (Å²) >= 11 is 3.28. The number of benzene rings is 2. The molecule has 4 heteroatoms. The quantitative estimate of drug-likeness (QED) is 0.513. The summed E-state index contributed by atoms with van der Waals surface area (Å²) in [4.78, 5) is 14.2. The van der Waals surface area contributed by atoms with Gasteiger partial charge in [-0.3, -0.25) is 4.79 Å². The van der Waals surface area contributed by atoms with Crippen molar-refractivity contribution in [2.45, 2.75) is 6.54 Å². The van der Waals surface area contributed by atoms with Gasteiger partial charge in [-0.1, -0.05) is 48.5 Å². The van der Waals surface area contributed by atoms with E-state index in [0.29, 0.717) is 6.54 Å². The van der Waals surface area contributed by atoms with E-state index in [4.69, 9.17) is 0 Å². The highest BCUT2D eigenvalue weighted by Gasteiger charge is 2.12. The van der Waals surface area contributed by atoms with Crippen LogP contribution in [0, 0.1) is 0 Å². The Morgan fingerprint density at radius 3 is 2.58 bits per heavy atom. The van der Waals surface area contributed by atoms with Crippen LogP contribution in [0.5, 0.6) is 0 Å². The van der Waals surface area contributed by atoms with Crippen molar-refractivity contribution in [3.63, 3.8) is 0 Å². The van der Waals surface area contributed by atoms with Crippen LogP contribution in [0.25, 0.3) is 20.5 Å². The molecule has 2 nitrogen and oxygen atoms in total. The van der Waals surface area contributed by atoms with Crippen molar-refractivity contribution in [1.29, 1.82) is 0 Å². The average Bonchev–Trinajstić information content (AvgIpc) is 3.27. The molecule has 0 saturated carbocycles. The number of fused-ring (bicyclic) bond motifs is 1. The van der Waals surface area contributed by atoms with Gasteiger partial charge in [0.25, 0.3) is 5.91 Å². The third kappa shape index (κ3) is 2.98. The lowest BCUT2D eigenvalue weighted by Crippen LogP contribution is -2.21. The highest BCUT2D eigenvalue weighted by Crippen LogP contribution is 2.37. The Bertz CT molecular complexity index is 985. The summed E-state index contributed by atoms with van der Waals surface area (Å²) in [6, 6.07) is 22.3. The molecule has 0 bridgehead atoms. The van der Waals surface area contributed by atoms with Gasteiger partial charge in [0.2, 0.25) is 0 Å². The third-order valence-electron chi connectivity index (χ3n) is 3.87. The van der Waals surface area contributed by atoms with E-state index >= 15 is 0 Å². The third-order valence-corrected chi connectivity index (χ3v) is 5.95. The number of carbonyl (C=O) groups is 1. The first-order valence-corrected chi connectivity index (χ1v) is 9.39. The minimum Gasteiger partial charge on any atom is -0.347 e. The van der Waals surface area contributed by atoms with Crippen LogP contribution in [0.4, 0.5) is 0 Å². The maximum atomic E-state index is 12.4. The van der Waals surface area contributed by atoms with Gasteiger partial charge >= 0.3 is 0 Å².